The molecule has 12 fully saturated rings. The summed E-state index contributed by atoms with van der Waals surface area (Å²) in [5.41, 5.74) is 1.00. The molecule has 5 heteroatoms. The predicted octanol–water partition coefficient (Wildman–Crippen LogP) is 7.44. The van der Waals surface area contributed by atoms with Gasteiger partial charge in [-0.1, -0.05) is 0 Å². The van der Waals surface area contributed by atoms with Crippen molar-refractivity contribution < 1.29 is 6.51 Å². The van der Waals surface area contributed by atoms with E-state index in [-0.39, 0.29) is 0 Å². The Hall–Kier alpha value is 1.30. The van der Waals surface area contributed by atoms with Crippen LogP contribution in [-0.4, -0.2) is 37.5 Å². The van der Waals surface area contributed by atoms with Crippen molar-refractivity contribution in [2.24, 2.45) is 22.7 Å². The van der Waals surface area contributed by atoms with Crippen LogP contribution in [0.1, 0.15) is 67.2 Å². The van der Waals surface area contributed by atoms with Crippen molar-refractivity contribution in [2.45, 2.75) is 119 Å². The van der Waals surface area contributed by atoms with Gasteiger partial charge in [0.15, 0.2) is 0 Å². The van der Waals surface area contributed by atoms with Crippen molar-refractivity contribution in [3.8, 4) is 0 Å². The second-order valence-electron chi connectivity index (χ2n) is 19.8. The monoisotopic (exact) mass is 556 g/mol. The van der Waals surface area contributed by atoms with Gasteiger partial charge < -0.3 is 0 Å². The Kier molecular flexibility index (Phi) is 1.58. The van der Waals surface area contributed by atoms with Crippen LogP contribution < -0.4 is 10.6 Å². The Bertz CT molecular complexity index is 1530. The van der Waals surface area contributed by atoms with Crippen LogP contribution in [0, 0.1) is 22.7 Å². The van der Waals surface area contributed by atoms with Gasteiger partial charge in [-0.05, 0) is 0 Å². The molecule has 198 valence electrons. The summed E-state index contributed by atoms with van der Waals surface area (Å²) in [5.74, 6) is 1.77. The molecule has 0 aromatic heterocycles. The number of hydrogen-bond donors (Lipinski definition) is 2. The third kappa shape index (κ3) is 0.396. The first-order valence-corrected chi connectivity index (χ1v) is 22.8. The van der Waals surface area contributed by atoms with Gasteiger partial charge in [0.05, 0.1) is 0 Å². The molecule has 0 aliphatic carbocycles. The first-order valence-electron chi connectivity index (χ1n) is 15.4. The van der Waals surface area contributed by atoms with Crippen molar-refractivity contribution in [3.05, 3.63) is 0 Å². The van der Waals surface area contributed by atoms with Gasteiger partial charge in [-0.3, -0.25) is 0 Å². The van der Waals surface area contributed by atoms with Crippen LogP contribution in [0.15, 0.2) is 0 Å². The Morgan fingerprint density at radius 2 is 1.26 bits per heavy atom. The molecule has 0 saturated carbocycles. The third-order valence-electron chi connectivity index (χ3n) is 22.4. The molecule has 2 nitrogen and oxygen atoms in total. The van der Waals surface area contributed by atoms with Crippen LogP contribution >= 0.6 is 18.5 Å². The summed E-state index contributed by atoms with van der Waals surface area (Å²) in [5, 5.41) is 8.45. The molecule has 1 spiro atoms. The van der Waals surface area contributed by atoms with Gasteiger partial charge in [-0.15, -0.1) is 0 Å². The Balaban J connectivity index is 1.28. The summed E-state index contributed by atoms with van der Waals surface area (Å²) in [4.78, 5) is 7.85. The number of nitrogens with one attached hydrogen (secondary N) is 2. The number of piperidine rings is 2. The van der Waals surface area contributed by atoms with E-state index in [1.54, 1.807) is 0 Å². The molecule has 0 radical (unpaired) electrons. The van der Waals surface area contributed by atoms with Gasteiger partial charge in [0.1, 0.15) is 0 Å². The zero-order valence-electron chi connectivity index (χ0n) is 23.0. The van der Waals surface area contributed by atoms with Gasteiger partial charge >= 0.3 is 209 Å². The topological polar surface area (TPSA) is 24.1 Å². The van der Waals surface area contributed by atoms with E-state index in [4.69, 9.17) is 0 Å². The Morgan fingerprint density at radius 1 is 0.771 bits per heavy atom. The molecular formula is C30H50FeN2P2. The van der Waals surface area contributed by atoms with Crippen LogP contribution in [-0.2, 0) is 6.51 Å². The Labute approximate surface area is 208 Å². The summed E-state index contributed by atoms with van der Waals surface area (Å²) < 4.78 is 3.21. The molecule has 9 unspecified atom stereocenters. The molecule has 12 aliphatic heterocycles. The summed E-state index contributed by atoms with van der Waals surface area (Å²) in [6.45, 7) is 17.8. The van der Waals surface area contributed by atoms with E-state index < -0.39 is 6.51 Å². The zero-order valence-corrected chi connectivity index (χ0v) is 26.4. The standard InChI is InChI=1S/C25H45N2P2.C5H5.Fe/c1-23(2,3)20-13-17(16-28)21(22(20)24(4,5)6)25(29,18-9-7-11-26-14-18)19-10-8-12-27-15-19;1-2-4-5-3-1;/h13,18-19,26-27H,7-12,14-16,28-29H2,1-6H3;1-5H;. The van der Waals surface area contributed by atoms with Gasteiger partial charge in [0.25, 0.3) is 0 Å². The fraction of sp³-hybridized carbons (Fsp3) is 1.00. The van der Waals surface area contributed by atoms with E-state index in [1.807, 2.05) is 0 Å². The van der Waals surface area contributed by atoms with E-state index >= 15 is 0 Å². The van der Waals surface area contributed by atoms with E-state index in [0.717, 1.165) is 29.1 Å². The minimum absolute atomic E-state index is 0.482. The molecule has 0 aromatic carbocycles. The quantitative estimate of drug-likeness (QED) is 0.278. The third-order valence-corrected chi connectivity index (χ3v) is 70.6. The summed E-state index contributed by atoms with van der Waals surface area (Å²) >= 11 is 0. The molecule has 12 heterocycles. The molecule has 12 rings (SSSR count). The van der Waals surface area contributed by atoms with Crippen molar-refractivity contribution in [2.75, 3.05) is 32.3 Å². The first-order chi connectivity index (χ1) is 16.2. The fourth-order valence-electron chi connectivity index (χ4n) is 27.5. The van der Waals surface area contributed by atoms with Gasteiger partial charge in [-0.2, -0.15) is 0 Å². The average molecular weight is 557 g/mol. The first kappa shape index (κ1) is 20.2. The van der Waals surface area contributed by atoms with E-state index in [2.05, 4.69) is 70.7 Å². The molecule has 0 amide bonds. The average Bonchev–Trinajstić information content (AvgIpc) is 3.77. The molecule has 0 bridgehead atoms. The fourth-order valence-corrected chi connectivity index (χ4v) is 122. The molecule has 0 aromatic rings. The van der Waals surface area contributed by atoms with Crippen LogP contribution in [0.4, 0.5) is 0 Å². The minimum atomic E-state index is -4.10. The summed E-state index contributed by atoms with van der Waals surface area (Å²) in [6.07, 6.45) is 7.33. The molecule has 35 heavy (non-hydrogen) atoms. The second kappa shape index (κ2) is 2.73. The van der Waals surface area contributed by atoms with Crippen LogP contribution in [0.2, 0.25) is 46.2 Å². The van der Waals surface area contributed by atoms with Crippen LogP contribution in [0.3, 0.4) is 0 Å². The maximum absolute atomic E-state index is 4.10. The van der Waals surface area contributed by atoms with Crippen molar-refractivity contribution in [3.63, 3.8) is 0 Å². The van der Waals surface area contributed by atoms with Crippen LogP contribution in [0.25, 0.3) is 0 Å². The predicted molar refractivity (Wildman–Crippen MR) is 150 cm³/mol. The summed E-state index contributed by atoms with van der Waals surface area (Å²) in [6, 6.07) is 0. The molecule has 2 N–H and O–H groups in total. The zero-order chi connectivity index (χ0) is 24.2. The molecule has 9 atom stereocenters. The van der Waals surface area contributed by atoms with Crippen molar-refractivity contribution in [1.82, 2.24) is 10.6 Å². The van der Waals surface area contributed by atoms with Crippen LogP contribution in [0.5, 0.6) is 0 Å². The SMILES string of the molecule is CC(C)(C)[C]12[CH]3[C]4(CP)[C]5(C(P)(C6CCCNC6)C6CCCNC6)[C]1(C(C)(C)C)[Fe]34251678[CH]2[CH]1[CH]6[CH]7[CH]28. The number of fused-ring (bicyclic) bond motifs is 10. The van der Waals surface area contributed by atoms with Gasteiger partial charge in [-0.25, -0.2) is 0 Å². The van der Waals surface area contributed by atoms with E-state index in [1.165, 1.54) is 86.9 Å². The van der Waals surface area contributed by atoms with Crippen molar-refractivity contribution >= 4 is 18.5 Å². The number of rotatable bonds is 4. The van der Waals surface area contributed by atoms with Gasteiger partial charge in [0.2, 0.25) is 0 Å². The normalized spacial score (nSPS) is 82.9. The number of hydrogen-bond acceptors (Lipinski definition) is 2. The van der Waals surface area contributed by atoms with E-state index in [0.29, 0.717) is 16.0 Å². The summed E-state index contributed by atoms with van der Waals surface area (Å²) in [7, 11) is 7.47. The maximum atomic E-state index is 3.99. The molecule has 12 saturated heterocycles. The van der Waals surface area contributed by atoms with Crippen molar-refractivity contribution in [1.29, 1.82) is 0 Å². The molecular weight excluding hydrogens is 506 g/mol. The Morgan fingerprint density at radius 3 is 1.57 bits per heavy atom. The van der Waals surface area contributed by atoms with E-state index in [9.17, 15) is 0 Å². The molecule has 12 aliphatic rings. The van der Waals surface area contributed by atoms with Gasteiger partial charge in [0, 0.05) is 0 Å². The second-order valence-corrected chi connectivity index (χ2v) is 43.8.